The number of aryl methyl sites for hydroxylation is 1. The second-order valence-corrected chi connectivity index (χ2v) is 7.71. The molecule has 5 rings (SSSR count). The molecule has 0 atom stereocenters. The number of nitrogens with one attached hydrogen (secondary N) is 1. The van der Waals surface area contributed by atoms with Crippen LogP contribution < -0.4 is 5.56 Å². The van der Waals surface area contributed by atoms with Gasteiger partial charge in [-0.3, -0.25) is 14.6 Å². The van der Waals surface area contributed by atoms with Crippen molar-refractivity contribution >= 4 is 22.1 Å². The molecule has 0 unspecified atom stereocenters. The zero-order valence-corrected chi connectivity index (χ0v) is 16.5. The number of furan rings is 1. The van der Waals surface area contributed by atoms with E-state index in [0.717, 1.165) is 50.2 Å². The van der Waals surface area contributed by atoms with Crippen LogP contribution in [-0.2, 0) is 13.1 Å². The molecule has 150 valence electrons. The number of hydrogen-bond donors (Lipinski definition) is 1. The Balaban J connectivity index is 1.28. The molecule has 0 radical (unpaired) electrons. The molecule has 4 aromatic rings. The first-order chi connectivity index (χ1) is 14.2. The Morgan fingerprint density at radius 1 is 1.14 bits per heavy atom. The monoisotopic (exact) mass is 392 g/mol. The van der Waals surface area contributed by atoms with Gasteiger partial charge in [-0.25, -0.2) is 9.97 Å². The van der Waals surface area contributed by atoms with Gasteiger partial charge in [-0.15, -0.1) is 0 Å². The quantitative estimate of drug-likeness (QED) is 0.559. The minimum absolute atomic E-state index is 0.210. The van der Waals surface area contributed by atoms with Crippen LogP contribution >= 0.6 is 0 Å². The normalized spacial score (nSPS) is 16.2. The van der Waals surface area contributed by atoms with Crippen molar-refractivity contribution in [1.82, 2.24) is 29.3 Å². The number of imidazole rings is 1. The zero-order valence-electron chi connectivity index (χ0n) is 16.5. The Morgan fingerprint density at radius 3 is 2.76 bits per heavy atom. The van der Waals surface area contributed by atoms with Crippen molar-refractivity contribution in [1.29, 1.82) is 0 Å². The number of hydrogen-bond acceptors (Lipinski definition) is 6. The van der Waals surface area contributed by atoms with E-state index in [1.54, 1.807) is 0 Å². The third-order valence-electron chi connectivity index (χ3n) is 5.60. The Bertz CT molecular complexity index is 1190. The minimum Gasteiger partial charge on any atom is -0.449 e. The fourth-order valence-electron chi connectivity index (χ4n) is 3.95. The molecule has 0 spiro atoms. The van der Waals surface area contributed by atoms with Crippen molar-refractivity contribution in [2.24, 2.45) is 0 Å². The predicted molar refractivity (Wildman–Crippen MR) is 111 cm³/mol. The lowest BCUT2D eigenvalue weighted by atomic mass is 10.2. The number of aromatic amines is 1. The van der Waals surface area contributed by atoms with Gasteiger partial charge in [0.15, 0.2) is 0 Å². The van der Waals surface area contributed by atoms with Crippen LogP contribution in [0.2, 0.25) is 0 Å². The van der Waals surface area contributed by atoms with Crippen LogP contribution in [0.15, 0.2) is 46.1 Å². The Morgan fingerprint density at radius 2 is 1.97 bits per heavy atom. The second kappa shape index (κ2) is 7.46. The molecular weight excluding hydrogens is 368 g/mol. The van der Waals surface area contributed by atoms with E-state index in [0.29, 0.717) is 29.1 Å². The first-order valence-electron chi connectivity index (χ1n) is 9.98. The van der Waals surface area contributed by atoms with Crippen molar-refractivity contribution in [3.63, 3.8) is 0 Å². The summed E-state index contributed by atoms with van der Waals surface area (Å²) in [4.78, 5) is 29.0. The molecule has 1 N–H and O–H groups in total. The third kappa shape index (κ3) is 3.68. The van der Waals surface area contributed by atoms with Gasteiger partial charge in [-0.1, -0.05) is 11.6 Å². The molecule has 1 aliphatic rings. The lowest BCUT2D eigenvalue weighted by Crippen LogP contribution is -2.47. The van der Waals surface area contributed by atoms with E-state index in [9.17, 15) is 4.79 Å². The van der Waals surface area contributed by atoms with E-state index >= 15 is 0 Å². The molecular formula is C21H24N6O2. The Kier molecular flexibility index (Phi) is 4.65. The second-order valence-electron chi connectivity index (χ2n) is 7.71. The zero-order chi connectivity index (χ0) is 19.8. The van der Waals surface area contributed by atoms with E-state index in [4.69, 9.17) is 9.40 Å². The molecule has 0 aliphatic carbocycles. The molecule has 29 heavy (non-hydrogen) atoms. The average Bonchev–Trinajstić information content (AvgIpc) is 3.36. The molecule has 8 nitrogen and oxygen atoms in total. The van der Waals surface area contributed by atoms with Crippen LogP contribution in [0.25, 0.3) is 22.1 Å². The SMILES string of the molecule is Cc1ccc2oc3c(=O)[nH]c(CN4CCN(CCn5ccnc5)CC4)nc3c2c1. The van der Waals surface area contributed by atoms with Gasteiger partial charge in [0.1, 0.15) is 16.9 Å². The van der Waals surface area contributed by atoms with Gasteiger partial charge in [0, 0.05) is 57.0 Å². The molecule has 1 aromatic carbocycles. The molecule has 3 aromatic heterocycles. The van der Waals surface area contributed by atoms with E-state index < -0.39 is 0 Å². The summed E-state index contributed by atoms with van der Waals surface area (Å²) in [5.74, 6) is 0.693. The van der Waals surface area contributed by atoms with Gasteiger partial charge < -0.3 is 14.0 Å². The molecule has 0 amide bonds. The van der Waals surface area contributed by atoms with Crippen LogP contribution in [0.4, 0.5) is 0 Å². The summed E-state index contributed by atoms with van der Waals surface area (Å²) >= 11 is 0. The number of nitrogens with zero attached hydrogens (tertiary/aromatic N) is 5. The number of fused-ring (bicyclic) bond motifs is 3. The summed E-state index contributed by atoms with van der Waals surface area (Å²) in [7, 11) is 0. The molecule has 0 saturated carbocycles. The van der Waals surface area contributed by atoms with Crippen molar-refractivity contribution in [2.45, 2.75) is 20.0 Å². The molecule has 1 aliphatic heterocycles. The number of rotatable bonds is 5. The fourth-order valence-corrected chi connectivity index (χ4v) is 3.95. The topological polar surface area (TPSA) is 83.2 Å². The highest BCUT2D eigenvalue weighted by Gasteiger charge is 2.19. The van der Waals surface area contributed by atoms with Crippen LogP contribution in [0, 0.1) is 6.92 Å². The highest BCUT2D eigenvalue weighted by Crippen LogP contribution is 2.26. The van der Waals surface area contributed by atoms with E-state index in [1.807, 2.05) is 43.8 Å². The van der Waals surface area contributed by atoms with Crippen molar-refractivity contribution in [3.8, 4) is 0 Å². The van der Waals surface area contributed by atoms with Crippen LogP contribution in [-0.4, -0.2) is 62.0 Å². The fraction of sp³-hybridized carbons (Fsp3) is 0.381. The average molecular weight is 392 g/mol. The van der Waals surface area contributed by atoms with E-state index in [2.05, 4.69) is 24.3 Å². The first kappa shape index (κ1) is 18.1. The summed E-state index contributed by atoms with van der Waals surface area (Å²) in [5, 5.41) is 0.900. The number of aromatic nitrogens is 4. The van der Waals surface area contributed by atoms with E-state index in [-0.39, 0.29) is 5.56 Å². The summed E-state index contributed by atoms with van der Waals surface area (Å²) in [6.07, 6.45) is 5.66. The number of H-pyrrole nitrogens is 1. The van der Waals surface area contributed by atoms with E-state index in [1.165, 1.54) is 0 Å². The molecule has 4 heterocycles. The lowest BCUT2D eigenvalue weighted by molar-refractivity contribution is 0.122. The molecule has 1 saturated heterocycles. The third-order valence-corrected chi connectivity index (χ3v) is 5.60. The molecule has 1 fully saturated rings. The maximum atomic E-state index is 12.5. The molecule has 0 bridgehead atoms. The minimum atomic E-state index is -0.210. The van der Waals surface area contributed by atoms with Gasteiger partial charge in [0.2, 0.25) is 5.58 Å². The van der Waals surface area contributed by atoms with Crippen molar-refractivity contribution < 1.29 is 4.42 Å². The predicted octanol–water partition coefficient (Wildman–Crippen LogP) is 1.99. The van der Waals surface area contributed by atoms with Crippen LogP contribution in [0.1, 0.15) is 11.4 Å². The van der Waals surface area contributed by atoms with Crippen LogP contribution in [0.3, 0.4) is 0 Å². The summed E-state index contributed by atoms with van der Waals surface area (Å²) in [6.45, 7) is 8.57. The highest BCUT2D eigenvalue weighted by molar-refractivity contribution is 6.02. The largest absolute Gasteiger partial charge is 0.449 e. The van der Waals surface area contributed by atoms with Gasteiger partial charge >= 0.3 is 0 Å². The van der Waals surface area contributed by atoms with Gasteiger partial charge in [0.05, 0.1) is 12.9 Å². The number of piperazine rings is 1. The Hall–Kier alpha value is -2.97. The summed E-state index contributed by atoms with van der Waals surface area (Å²) < 4.78 is 7.83. The van der Waals surface area contributed by atoms with Gasteiger partial charge in [-0.05, 0) is 19.1 Å². The first-order valence-corrected chi connectivity index (χ1v) is 9.98. The molecule has 8 heteroatoms. The van der Waals surface area contributed by atoms with Crippen molar-refractivity contribution in [3.05, 3.63) is 58.7 Å². The smallest absolute Gasteiger partial charge is 0.294 e. The standard InChI is InChI=1S/C21H24N6O2/c1-15-2-3-17-16(12-15)19-20(29-17)21(28)24-18(23-19)13-26-9-6-25(7-10-26)8-11-27-5-4-22-14-27/h2-5,12,14H,6-11,13H2,1H3,(H,23,24,28). The summed E-state index contributed by atoms with van der Waals surface area (Å²) in [6, 6.07) is 5.90. The lowest BCUT2D eigenvalue weighted by Gasteiger charge is -2.34. The maximum Gasteiger partial charge on any atom is 0.294 e. The van der Waals surface area contributed by atoms with Gasteiger partial charge in [-0.2, -0.15) is 0 Å². The number of benzene rings is 1. The van der Waals surface area contributed by atoms with Gasteiger partial charge in [0.25, 0.3) is 5.56 Å². The highest BCUT2D eigenvalue weighted by atomic mass is 16.3. The van der Waals surface area contributed by atoms with Crippen LogP contribution in [0.5, 0.6) is 0 Å². The Labute approximate surface area is 167 Å². The maximum absolute atomic E-state index is 12.5. The summed E-state index contributed by atoms with van der Waals surface area (Å²) in [5.41, 5.74) is 2.57. The van der Waals surface area contributed by atoms with Crippen molar-refractivity contribution in [2.75, 3.05) is 32.7 Å².